The van der Waals surface area contributed by atoms with Crippen LogP contribution in [0.3, 0.4) is 0 Å². The van der Waals surface area contributed by atoms with E-state index in [4.69, 9.17) is 5.26 Å². The molecule has 1 N–H and O–H groups in total. The predicted molar refractivity (Wildman–Crippen MR) is 85.2 cm³/mol. The van der Waals surface area contributed by atoms with Gasteiger partial charge < -0.3 is 5.32 Å². The van der Waals surface area contributed by atoms with Gasteiger partial charge >= 0.3 is 0 Å². The van der Waals surface area contributed by atoms with Gasteiger partial charge in [0.05, 0.1) is 11.6 Å². The van der Waals surface area contributed by atoms with Crippen LogP contribution in [0, 0.1) is 11.3 Å². The maximum Gasteiger partial charge on any atom is 0.0991 e. The van der Waals surface area contributed by atoms with Gasteiger partial charge in [0.25, 0.3) is 0 Å². The number of nitriles is 1. The Labute approximate surface area is 128 Å². The second-order valence-corrected chi connectivity index (χ2v) is 6.21. The third kappa shape index (κ3) is 3.69. The quantitative estimate of drug-likeness (QED) is 0.905. The van der Waals surface area contributed by atoms with Crippen molar-refractivity contribution < 1.29 is 0 Å². The van der Waals surface area contributed by atoms with Gasteiger partial charge in [-0.2, -0.15) is 5.26 Å². The Balaban J connectivity index is 2.08. The average molecular weight is 329 g/mol. The highest BCUT2D eigenvalue weighted by Crippen LogP contribution is 2.22. The first-order valence-electron chi connectivity index (χ1n) is 6.51. The average Bonchev–Trinajstić information content (AvgIpc) is 2.46. The Bertz CT molecular complexity index is 624. The minimum Gasteiger partial charge on any atom is -0.304 e. The van der Waals surface area contributed by atoms with Crippen molar-refractivity contribution in [2.75, 3.05) is 0 Å². The summed E-state index contributed by atoms with van der Waals surface area (Å²) in [6, 6.07) is 18.2. The Morgan fingerprint density at radius 3 is 2.50 bits per heavy atom. The third-order valence-electron chi connectivity index (χ3n) is 3.36. The van der Waals surface area contributed by atoms with Crippen molar-refractivity contribution in [3.63, 3.8) is 0 Å². The summed E-state index contributed by atoms with van der Waals surface area (Å²) in [4.78, 5) is 0. The van der Waals surface area contributed by atoms with E-state index in [0.717, 1.165) is 16.6 Å². The van der Waals surface area contributed by atoms with Crippen LogP contribution in [0.25, 0.3) is 0 Å². The van der Waals surface area contributed by atoms with Gasteiger partial charge in [0, 0.05) is 16.6 Å². The van der Waals surface area contributed by atoms with Crippen LogP contribution in [0.15, 0.2) is 53.0 Å². The number of hydrogen-bond acceptors (Lipinski definition) is 2. The van der Waals surface area contributed by atoms with E-state index in [1.807, 2.05) is 24.3 Å². The Morgan fingerprint density at radius 2 is 1.85 bits per heavy atom. The zero-order chi connectivity index (χ0) is 14.6. The van der Waals surface area contributed by atoms with Gasteiger partial charge in [-0.15, -0.1) is 0 Å². The van der Waals surface area contributed by atoms with Crippen molar-refractivity contribution in [2.24, 2.45) is 0 Å². The monoisotopic (exact) mass is 328 g/mol. The van der Waals surface area contributed by atoms with E-state index in [1.165, 1.54) is 5.56 Å². The van der Waals surface area contributed by atoms with Crippen LogP contribution in [0.4, 0.5) is 0 Å². The van der Waals surface area contributed by atoms with Gasteiger partial charge in [-0.25, -0.2) is 0 Å². The molecule has 2 aromatic rings. The lowest BCUT2D eigenvalue weighted by Gasteiger charge is -2.27. The van der Waals surface area contributed by atoms with Crippen LogP contribution in [-0.2, 0) is 12.1 Å². The van der Waals surface area contributed by atoms with Crippen molar-refractivity contribution in [3.05, 3.63) is 69.7 Å². The predicted octanol–water partition coefficient (Wildman–Crippen LogP) is 4.35. The first-order chi connectivity index (χ1) is 9.51. The summed E-state index contributed by atoms with van der Waals surface area (Å²) in [5, 5.41) is 12.5. The number of hydrogen-bond donors (Lipinski definition) is 1. The number of rotatable bonds is 4. The standard InChI is InChI=1S/C17H17BrN2/c1-17(2,15-6-8-16(18)9-7-15)20-12-14-5-3-4-13(10-14)11-19/h3-10,20H,12H2,1-2H3. The molecule has 2 aromatic carbocycles. The molecule has 2 nitrogen and oxygen atoms in total. The molecule has 0 spiro atoms. The summed E-state index contributed by atoms with van der Waals surface area (Å²) in [5.41, 5.74) is 2.93. The molecule has 0 aliphatic heterocycles. The first-order valence-corrected chi connectivity index (χ1v) is 7.31. The molecule has 0 bridgehead atoms. The molecule has 0 saturated heterocycles. The van der Waals surface area contributed by atoms with Gasteiger partial charge in [0.15, 0.2) is 0 Å². The summed E-state index contributed by atoms with van der Waals surface area (Å²) in [6.07, 6.45) is 0. The van der Waals surface area contributed by atoms with E-state index in [9.17, 15) is 0 Å². The van der Waals surface area contributed by atoms with Crippen LogP contribution < -0.4 is 5.32 Å². The summed E-state index contributed by atoms with van der Waals surface area (Å²) in [5.74, 6) is 0. The molecule has 0 unspecified atom stereocenters. The van der Waals surface area contributed by atoms with E-state index in [-0.39, 0.29) is 5.54 Å². The van der Waals surface area contributed by atoms with E-state index in [2.05, 4.69) is 65.4 Å². The molecule has 2 rings (SSSR count). The van der Waals surface area contributed by atoms with E-state index >= 15 is 0 Å². The molecule has 20 heavy (non-hydrogen) atoms. The first kappa shape index (κ1) is 14.8. The lowest BCUT2D eigenvalue weighted by molar-refractivity contribution is 0.401. The van der Waals surface area contributed by atoms with Crippen LogP contribution in [-0.4, -0.2) is 0 Å². The molecule has 0 aliphatic rings. The van der Waals surface area contributed by atoms with Crippen molar-refractivity contribution in [2.45, 2.75) is 25.9 Å². The molecule has 0 aromatic heterocycles. The van der Waals surface area contributed by atoms with Crippen LogP contribution in [0.1, 0.15) is 30.5 Å². The van der Waals surface area contributed by atoms with Crippen molar-refractivity contribution in [3.8, 4) is 6.07 Å². The maximum absolute atomic E-state index is 8.92. The zero-order valence-corrected chi connectivity index (χ0v) is 13.2. The molecule has 102 valence electrons. The molecule has 0 aliphatic carbocycles. The van der Waals surface area contributed by atoms with Gasteiger partial charge in [0.1, 0.15) is 0 Å². The Morgan fingerprint density at radius 1 is 1.15 bits per heavy atom. The molecule has 0 atom stereocenters. The topological polar surface area (TPSA) is 35.8 Å². The van der Waals surface area contributed by atoms with Crippen molar-refractivity contribution >= 4 is 15.9 Å². The normalized spacial score (nSPS) is 11.1. The highest BCUT2D eigenvalue weighted by Gasteiger charge is 2.19. The fourth-order valence-electron chi connectivity index (χ4n) is 2.04. The van der Waals surface area contributed by atoms with Crippen molar-refractivity contribution in [1.29, 1.82) is 5.26 Å². The lowest BCUT2D eigenvalue weighted by atomic mass is 9.94. The fraction of sp³-hybridized carbons (Fsp3) is 0.235. The Kier molecular flexibility index (Phi) is 4.59. The van der Waals surface area contributed by atoms with Crippen LogP contribution >= 0.6 is 15.9 Å². The molecular weight excluding hydrogens is 312 g/mol. The molecule has 0 saturated carbocycles. The lowest BCUT2D eigenvalue weighted by Crippen LogP contribution is -2.35. The maximum atomic E-state index is 8.92. The van der Waals surface area contributed by atoms with Gasteiger partial charge in [0.2, 0.25) is 0 Å². The number of nitrogens with zero attached hydrogens (tertiary/aromatic N) is 1. The fourth-order valence-corrected chi connectivity index (χ4v) is 2.31. The number of halogens is 1. The van der Waals surface area contributed by atoms with Gasteiger partial charge in [-0.1, -0.05) is 40.2 Å². The molecular formula is C17H17BrN2. The zero-order valence-electron chi connectivity index (χ0n) is 11.7. The summed E-state index contributed by atoms with van der Waals surface area (Å²) in [6.45, 7) is 5.05. The SMILES string of the molecule is CC(C)(NCc1cccc(C#N)c1)c1ccc(Br)cc1. The third-order valence-corrected chi connectivity index (χ3v) is 3.89. The smallest absolute Gasteiger partial charge is 0.0991 e. The summed E-state index contributed by atoms with van der Waals surface area (Å²) in [7, 11) is 0. The van der Waals surface area contributed by atoms with Crippen LogP contribution in [0.5, 0.6) is 0 Å². The van der Waals surface area contributed by atoms with Gasteiger partial charge in [-0.3, -0.25) is 0 Å². The van der Waals surface area contributed by atoms with E-state index in [0.29, 0.717) is 5.56 Å². The molecule has 0 amide bonds. The molecule has 0 radical (unpaired) electrons. The molecule has 0 heterocycles. The Hall–Kier alpha value is -1.63. The minimum absolute atomic E-state index is 0.122. The second kappa shape index (κ2) is 6.21. The molecule has 0 fully saturated rings. The van der Waals surface area contributed by atoms with E-state index < -0.39 is 0 Å². The number of benzene rings is 2. The summed E-state index contributed by atoms with van der Waals surface area (Å²) >= 11 is 3.45. The molecule has 3 heteroatoms. The second-order valence-electron chi connectivity index (χ2n) is 5.30. The van der Waals surface area contributed by atoms with Crippen molar-refractivity contribution in [1.82, 2.24) is 5.32 Å². The minimum atomic E-state index is -0.122. The van der Waals surface area contributed by atoms with Crippen LogP contribution in [0.2, 0.25) is 0 Å². The highest BCUT2D eigenvalue weighted by molar-refractivity contribution is 9.10. The van der Waals surface area contributed by atoms with E-state index in [1.54, 1.807) is 0 Å². The summed E-state index contributed by atoms with van der Waals surface area (Å²) < 4.78 is 1.08. The largest absolute Gasteiger partial charge is 0.304 e. The van der Waals surface area contributed by atoms with Gasteiger partial charge in [-0.05, 0) is 49.2 Å². The highest BCUT2D eigenvalue weighted by atomic mass is 79.9. The number of nitrogens with one attached hydrogen (secondary N) is 1.